The summed E-state index contributed by atoms with van der Waals surface area (Å²) in [6.45, 7) is 1.47. The van der Waals surface area contributed by atoms with Crippen molar-refractivity contribution >= 4 is 5.82 Å². The molecule has 5 heteroatoms. The number of rotatable bonds is 5. The quantitative estimate of drug-likeness (QED) is 0.838. The highest BCUT2D eigenvalue weighted by Gasteiger charge is 2.11. The molecule has 0 bridgehead atoms. The first-order chi connectivity index (χ1) is 7.56. The molecule has 1 heterocycles. The lowest BCUT2D eigenvalue weighted by molar-refractivity contribution is 0.156. The molecule has 0 fully saturated rings. The third kappa shape index (κ3) is 3.41. The zero-order valence-corrected chi connectivity index (χ0v) is 9.45. The van der Waals surface area contributed by atoms with E-state index in [2.05, 4.69) is 4.98 Å². The minimum absolute atomic E-state index is 0.106. The number of halogens is 2. The Morgan fingerprint density at radius 1 is 1.44 bits per heavy atom. The van der Waals surface area contributed by atoms with Gasteiger partial charge in [-0.15, -0.1) is 0 Å². The Balaban J connectivity index is 2.93. The van der Waals surface area contributed by atoms with Crippen molar-refractivity contribution in [3.8, 4) is 0 Å². The third-order valence-electron chi connectivity index (χ3n) is 2.27. The van der Waals surface area contributed by atoms with Crippen LogP contribution in [-0.2, 0) is 13.0 Å². The maximum atomic E-state index is 12.2. The van der Waals surface area contributed by atoms with Crippen LogP contribution in [0.1, 0.15) is 18.2 Å². The van der Waals surface area contributed by atoms with E-state index in [-0.39, 0.29) is 13.2 Å². The summed E-state index contributed by atoms with van der Waals surface area (Å²) < 4.78 is 24.4. The molecule has 0 atom stereocenters. The molecule has 1 N–H and O–H groups in total. The van der Waals surface area contributed by atoms with E-state index in [4.69, 9.17) is 5.11 Å². The standard InChI is InChI=1S/C11H16F2N2O/c1-3-9-4-8(7-16)5-11(14-9)15(2)6-10(12)13/h4-5,10,16H,3,6-7H2,1-2H3. The van der Waals surface area contributed by atoms with Gasteiger partial charge < -0.3 is 10.0 Å². The second-order valence-electron chi connectivity index (χ2n) is 3.61. The fraction of sp³-hybridized carbons (Fsp3) is 0.545. The van der Waals surface area contributed by atoms with E-state index < -0.39 is 6.43 Å². The SMILES string of the molecule is CCc1cc(CO)cc(N(C)CC(F)F)n1. The molecule has 16 heavy (non-hydrogen) atoms. The molecule has 0 saturated carbocycles. The zero-order valence-electron chi connectivity index (χ0n) is 9.45. The maximum absolute atomic E-state index is 12.2. The number of aliphatic hydroxyl groups excluding tert-OH is 1. The summed E-state index contributed by atoms with van der Waals surface area (Å²) in [5.41, 5.74) is 1.49. The van der Waals surface area contributed by atoms with Crippen LogP contribution in [0.4, 0.5) is 14.6 Å². The molecule has 0 radical (unpaired) electrons. The number of hydrogen-bond acceptors (Lipinski definition) is 3. The molecule has 0 aliphatic carbocycles. The Hall–Kier alpha value is -1.23. The lowest BCUT2D eigenvalue weighted by Gasteiger charge is -2.19. The first-order valence-corrected chi connectivity index (χ1v) is 5.16. The van der Waals surface area contributed by atoms with Gasteiger partial charge in [-0.05, 0) is 24.1 Å². The number of aliphatic hydroxyl groups is 1. The van der Waals surface area contributed by atoms with Crippen molar-refractivity contribution in [2.75, 3.05) is 18.5 Å². The van der Waals surface area contributed by atoms with E-state index in [1.165, 1.54) is 4.90 Å². The molecule has 0 aromatic carbocycles. The minimum Gasteiger partial charge on any atom is -0.392 e. The highest BCUT2D eigenvalue weighted by atomic mass is 19.3. The summed E-state index contributed by atoms with van der Waals surface area (Å²) in [6.07, 6.45) is -1.68. The Morgan fingerprint density at radius 3 is 2.62 bits per heavy atom. The molecule has 0 spiro atoms. The van der Waals surface area contributed by atoms with E-state index in [9.17, 15) is 8.78 Å². The number of aromatic nitrogens is 1. The van der Waals surface area contributed by atoms with Gasteiger partial charge in [-0.25, -0.2) is 13.8 Å². The highest BCUT2D eigenvalue weighted by Crippen LogP contribution is 2.15. The van der Waals surface area contributed by atoms with E-state index in [1.54, 1.807) is 19.2 Å². The van der Waals surface area contributed by atoms with Crippen molar-refractivity contribution in [2.45, 2.75) is 26.4 Å². The second kappa shape index (κ2) is 5.75. The molecular weight excluding hydrogens is 214 g/mol. The first-order valence-electron chi connectivity index (χ1n) is 5.16. The highest BCUT2D eigenvalue weighted by molar-refractivity contribution is 5.42. The number of aryl methyl sites for hydroxylation is 1. The van der Waals surface area contributed by atoms with E-state index in [1.807, 2.05) is 6.92 Å². The second-order valence-corrected chi connectivity index (χ2v) is 3.61. The average Bonchev–Trinajstić information content (AvgIpc) is 2.27. The van der Waals surface area contributed by atoms with E-state index >= 15 is 0 Å². The van der Waals surface area contributed by atoms with Gasteiger partial charge in [0.15, 0.2) is 0 Å². The summed E-state index contributed by atoms with van der Waals surface area (Å²) in [5.74, 6) is 0.476. The molecule has 1 aromatic heterocycles. The summed E-state index contributed by atoms with van der Waals surface area (Å²) in [6, 6.07) is 3.40. The molecule has 90 valence electrons. The molecule has 0 aliphatic heterocycles. The lowest BCUT2D eigenvalue weighted by Crippen LogP contribution is -2.25. The molecule has 0 aliphatic rings. The topological polar surface area (TPSA) is 36.4 Å². The van der Waals surface area contributed by atoms with Crippen LogP contribution in [0, 0.1) is 0 Å². The van der Waals surface area contributed by atoms with Gasteiger partial charge >= 0.3 is 0 Å². The summed E-state index contributed by atoms with van der Waals surface area (Å²) >= 11 is 0. The number of pyridine rings is 1. The fourth-order valence-electron chi connectivity index (χ4n) is 1.40. The van der Waals surface area contributed by atoms with Gasteiger partial charge in [0.05, 0.1) is 13.2 Å². The summed E-state index contributed by atoms with van der Waals surface area (Å²) in [5, 5.41) is 9.05. The molecule has 0 amide bonds. The van der Waals surface area contributed by atoms with E-state index in [0.717, 1.165) is 5.69 Å². The number of hydrogen-bond donors (Lipinski definition) is 1. The summed E-state index contributed by atoms with van der Waals surface area (Å²) in [7, 11) is 1.56. The molecule has 0 unspecified atom stereocenters. The Morgan fingerprint density at radius 2 is 2.12 bits per heavy atom. The van der Waals surface area contributed by atoms with Gasteiger partial charge in [0, 0.05) is 12.7 Å². The van der Waals surface area contributed by atoms with Crippen molar-refractivity contribution in [3.63, 3.8) is 0 Å². The van der Waals surface area contributed by atoms with Gasteiger partial charge in [0.25, 0.3) is 6.43 Å². The van der Waals surface area contributed by atoms with Crippen molar-refractivity contribution in [3.05, 3.63) is 23.4 Å². The Labute approximate surface area is 93.7 Å². The fourth-order valence-corrected chi connectivity index (χ4v) is 1.40. The van der Waals surface area contributed by atoms with Gasteiger partial charge in [0.2, 0.25) is 0 Å². The third-order valence-corrected chi connectivity index (χ3v) is 2.27. The van der Waals surface area contributed by atoms with Crippen LogP contribution >= 0.6 is 0 Å². The maximum Gasteiger partial charge on any atom is 0.255 e. The van der Waals surface area contributed by atoms with E-state index in [0.29, 0.717) is 17.8 Å². The molecule has 1 rings (SSSR count). The monoisotopic (exact) mass is 230 g/mol. The predicted octanol–water partition coefficient (Wildman–Crippen LogP) is 1.84. The van der Waals surface area contributed by atoms with Crippen LogP contribution in [-0.4, -0.2) is 30.1 Å². The van der Waals surface area contributed by atoms with Crippen LogP contribution in [0.5, 0.6) is 0 Å². The minimum atomic E-state index is -2.39. The number of alkyl halides is 2. The molecular formula is C11H16F2N2O. The van der Waals surface area contributed by atoms with Gasteiger partial charge in [-0.2, -0.15) is 0 Å². The van der Waals surface area contributed by atoms with Gasteiger partial charge in [-0.1, -0.05) is 6.92 Å². The zero-order chi connectivity index (χ0) is 12.1. The van der Waals surface area contributed by atoms with Gasteiger partial charge in [-0.3, -0.25) is 0 Å². The number of nitrogens with zero attached hydrogens (tertiary/aromatic N) is 2. The lowest BCUT2D eigenvalue weighted by atomic mass is 10.2. The normalized spacial score (nSPS) is 10.9. The van der Waals surface area contributed by atoms with Crippen molar-refractivity contribution < 1.29 is 13.9 Å². The van der Waals surface area contributed by atoms with Crippen molar-refractivity contribution in [1.29, 1.82) is 0 Å². The van der Waals surface area contributed by atoms with Crippen LogP contribution in [0.15, 0.2) is 12.1 Å². The summed E-state index contributed by atoms with van der Waals surface area (Å²) in [4.78, 5) is 5.63. The largest absolute Gasteiger partial charge is 0.392 e. The smallest absolute Gasteiger partial charge is 0.255 e. The molecule has 3 nitrogen and oxygen atoms in total. The van der Waals surface area contributed by atoms with Crippen LogP contribution in [0.3, 0.4) is 0 Å². The van der Waals surface area contributed by atoms with Crippen LogP contribution in [0.25, 0.3) is 0 Å². The number of anilines is 1. The van der Waals surface area contributed by atoms with Crippen LogP contribution < -0.4 is 4.90 Å². The van der Waals surface area contributed by atoms with Crippen LogP contribution in [0.2, 0.25) is 0 Å². The molecule has 1 aromatic rings. The first kappa shape index (κ1) is 12.8. The predicted molar refractivity (Wildman–Crippen MR) is 58.8 cm³/mol. The average molecular weight is 230 g/mol. The Kier molecular flexibility index (Phi) is 4.61. The van der Waals surface area contributed by atoms with Gasteiger partial charge in [0.1, 0.15) is 5.82 Å². The Bertz CT molecular complexity index is 323. The van der Waals surface area contributed by atoms with Crippen molar-refractivity contribution in [2.24, 2.45) is 0 Å². The van der Waals surface area contributed by atoms with Crippen molar-refractivity contribution in [1.82, 2.24) is 4.98 Å². The molecule has 0 saturated heterocycles.